The molecule has 1 fully saturated rings. The van der Waals surface area contributed by atoms with E-state index in [1.165, 1.54) is 5.56 Å². The van der Waals surface area contributed by atoms with Crippen molar-refractivity contribution in [3.05, 3.63) is 103 Å². The Hall–Kier alpha value is -3.96. The average molecular weight is 475 g/mol. The summed E-state index contributed by atoms with van der Waals surface area (Å²) < 4.78 is 2.33. The summed E-state index contributed by atoms with van der Waals surface area (Å²) in [5.41, 5.74) is 6.72. The minimum absolute atomic E-state index is 0.190. The van der Waals surface area contributed by atoms with Crippen molar-refractivity contribution in [2.45, 2.75) is 44.4 Å². The molecule has 1 saturated carbocycles. The van der Waals surface area contributed by atoms with E-state index in [2.05, 4.69) is 101 Å². The quantitative estimate of drug-likeness (QED) is 0.294. The smallest absolute Gasteiger partial charge is 0.146 e. The molecule has 0 unspecified atom stereocenters. The minimum Gasteiger partial charge on any atom is -0.393 e. The molecule has 2 aromatic heterocycles. The Morgan fingerprint density at radius 2 is 1.36 bits per heavy atom. The number of rotatable bonds is 6. The third-order valence-corrected chi connectivity index (χ3v) is 7.17. The van der Waals surface area contributed by atoms with Gasteiger partial charge in [0.25, 0.3) is 0 Å². The van der Waals surface area contributed by atoms with Crippen LogP contribution in [0.2, 0.25) is 0 Å². The standard InChI is InChI=1S/C31H30N4O/c36-26-18-16-25(17-19-26)34-30-28-27(23-12-6-2-7-13-23)29(24-14-8-3-9-15-24)35(31(28)33-21-32-30)20-22-10-4-1-5-11-22/h1-15,21,25-26,36H,16-20H2,(H,32,33,34). The highest BCUT2D eigenvalue weighted by Gasteiger charge is 2.26. The van der Waals surface area contributed by atoms with Gasteiger partial charge >= 0.3 is 0 Å². The second kappa shape index (κ2) is 9.96. The molecule has 1 aliphatic rings. The lowest BCUT2D eigenvalue weighted by atomic mass is 9.93. The van der Waals surface area contributed by atoms with Crippen LogP contribution in [0.25, 0.3) is 33.4 Å². The van der Waals surface area contributed by atoms with E-state index in [1.807, 2.05) is 0 Å². The molecule has 0 spiro atoms. The molecule has 2 heterocycles. The predicted molar refractivity (Wildman–Crippen MR) is 146 cm³/mol. The monoisotopic (exact) mass is 474 g/mol. The van der Waals surface area contributed by atoms with E-state index in [4.69, 9.17) is 9.97 Å². The molecule has 36 heavy (non-hydrogen) atoms. The molecule has 0 aliphatic heterocycles. The highest BCUT2D eigenvalue weighted by molar-refractivity contribution is 6.08. The first-order chi connectivity index (χ1) is 17.8. The van der Waals surface area contributed by atoms with Gasteiger partial charge in [0.15, 0.2) is 0 Å². The van der Waals surface area contributed by atoms with Gasteiger partial charge in [0.2, 0.25) is 0 Å². The van der Waals surface area contributed by atoms with Gasteiger partial charge in [0.05, 0.1) is 17.2 Å². The lowest BCUT2D eigenvalue weighted by Gasteiger charge is -2.26. The number of hydrogen-bond donors (Lipinski definition) is 2. The Kier molecular flexibility index (Phi) is 6.22. The number of aromatic nitrogens is 3. The molecule has 6 rings (SSSR count). The lowest BCUT2D eigenvalue weighted by molar-refractivity contribution is 0.126. The number of nitrogens with one attached hydrogen (secondary N) is 1. The Morgan fingerprint density at radius 1 is 0.750 bits per heavy atom. The molecule has 0 atom stereocenters. The number of nitrogens with zero attached hydrogens (tertiary/aromatic N) is 3. The van der Waals surface area contributed by atoms with Gasteiger partial charge in [-0.1, -0.05) is 91.0 Å². The largest absolute Gasteiger partial charge is 0.393 e. The Labute approximate surface area is 211 Å². The fourth-order valence-electron chi connectivity index (χ4n) is 5.40. The third kappa shape index (κ3) is 4.38. The molecule has 5 aromatic rings. The zero-order valence-corrected chi connectivity index (χ0v) is 20.2. The zero-order chi connectivity index (χ0) is 24.3. The van der Waals surface area contributed by atoms with Crippen molar-refractivity contribution in [3.8, 4) is 22.4 Å². The van der Waals surface area contributed by atoms with E-state index in [9.17, 15) is 5.11 Å². The summed E-state index contributed by atoms with van der Waals surface area (Å²) in [4.78, 5) is 9.61. The van der Waals surface area contributed by atoms with Crippen molar-refractivity contribution >= 4 is 16.9 Å². The van der Waals surface area contributed by atoms with Crippen LogP contribution in [0.4, 0.5) is 5.82 Å². The molecule has 0 saturated heterocycles. The van der Waals surface area contributed by atoms with Gasteiger partial charge in [-0.2, -0.15) is 0 Å². The molecule has 2 N–H and O–H groups in total. The predicted octanol–water partition coefficient (Wildman–Crippen LogP) is 6.53. The molecule has 0 radical (unpaired) electrons. The average Bonchev–Trinajstić information content (AvgIpc) is 3.26. The SMILES string of the molecule is OC1CCC(Nc2ncnc3c2c(-c2ccccc2)c(-c2ccccc2)n3Cc2ccccc2)CC1. The van der Waals surface area contributed by atoms with Gasteiger partial charge < -0.3 is 15.0 Å². The van der Waals surface area contributed by atoms with Crippen molar-refractivity contribution in [1.29, 1.82) is 0 Å². The maximum Gasteiger partial charge on any atom is 0.146 e. The van der Waals surface area contributed by atoms with Crippen LogP contribution in [0, 0.1) is 0 Å². The molecule has 0 bridgehead atoms. The number of hydrogen-bond acceptors (Lipinski definition) is 4. The normalized spacial score (nSPS) is 17.8. The molecule has 1 aliphatic carbocycles. The molecular weight excluding hydrogens is 444 g/mol. The van der Waals surface area contributed by atoms with E-state index in [-0.39, 0.29) is 12.1 Å². The van der Waals surface area contributed by atoms with Gasteiger partial charge in [-0.15, -0.1) is 0 Å². The van der Waals surface area contributed by atoms with E-state index >= 15 is 0 Å². The van der Waals surface area contributed by atoms with Gasteiger partial charge in [-0.25, -0.2) is 9.97 Å². The van der Waals surface area contributed by atoms with Gasteiger partial charge in [0.1, 0.15) is 17.8 Å². The molecule has 180 valence electrons. The lowest BCUT2D eigenvalue weighted by Crippen LogP contribution is -2.28. The first kappa shape index (κ1) is 22.5. The second-order valence-corrected chi connectivity index (χ2v) is 9.60. The summed E-state index contributed by atoms with van der Waals surface area (Å²) in [6.07, 6.45) is 4.99. The topological polar surface area (TPSA) is 63.0 Å². The van der Waals surface area contributed by atoms with Crippen LogP contribution < -0.4 is 5.32 Å². The number of aliphatic hydroxyl groups excluding tert-OH is 1. The first-order valence-electron chi connectivity index (χ1n) is 12.7. The van der Waals surface area contributed by atoms with Crippen LogP contribution >= 0.6 is 0 Å². The number of anilines is 1. The third-order valence-electron chi connectivity index (χ3n) is 7.17. The van der Waals surface area contributed by atoms with Gasteiger partial charge in [-0.05, 0) is 42.4 Å². The van der Waals surface area contributed by atoms with Gasteiger partial charge in [0, 0.05) is 18.2 Å². The number of fused-ring (bicyclic) bond motifs is 1. The van der Waals surface area contributed by atoms with E-state index in [0.717, 1.165) is 64.9 Å². The van der Waals surface area contributed by atoms with Crippen molar-refractivity contribution in [1.82, 2.24) is 14.5 Å². The van der Waals surface area contributed by atoms with Crippen molar-refractivity contribution in [2.24, 2.45) is 0 Å². The van der Waals surface area contributed by atoms with Crippen molar-refractivity contribution in [3.63, 3.8) is 0 Å². The number of aliphatic hydroxyl groups is 1. The summed E-state index contributed by atoms with van der Waals surface area (Å²) in [7, 11) is 0. The molecule has 3 aromatic carbocycles. The molecule has 5 nitrogen and oxygen atoms in total. The molecule has 5 heteroatoms. The summed E-state index contributed by atoms with van der Waals surface area (Å²) in [5.74, 6) is 0.865. The first-order valence-corrected chi connectivity index (χ1v) is 12.7. The van der Waals surface area contributed by atoms with Crippen LogP contribution in [0.3, 0.4) is 0 Å². The Bertz CT molecular complexity index is 1440. The van der Waals surface area contributed by atoms with Crippen LogP contribution in [0.15, 0.2) is 97.3 Å². The summed E-state index contributed by atoms with van der Waals surface area (Å²) in [6.45, 7) is 0.709. The molecule has 0 amide bonds. The van der Waals surface area contributed by atoms with Crippen LogP contribution in [-0.4, -0.2) is 31.8 Å². The Morgan fingerprint density at radius 3 is 2.03 bits per heavy atom. The Balaban J connectivity index is 1.60. The van der Waals surface area contributed by atoms with E-state index < -0.39 is 0 Å². The maximum absolute atomic E-state index is 10.0. The maximum atomic E-state index is 10.0. The minimum atomic E-state index is -0.190. The van der Waals surface area contributed by atoms with E-state index in [0.29, 0.717) is 6.54 Å². The number of benzene rings is 3. The second-order valence-electron chi connectivity index (χ2n) is 9.60. The highest BCUT2D eigenvalue weighted by Crippen LogP contribution is 2.43. The summed E-state index contributed by atoms with van der Waals surface area (Å²) in [6, 6.07) is 32.0. The van der Waals surface area contributed by atoms with Crippen molar-refractivity contribution < 1.29 is 5.11 Å². The fourth-order valence-corrected chi connectivity index (χ4v) is 5.40. The summed E-state index contributed by atoms with van der Waals surface area (Å²) >= 11 is 0. The van der Waals surface area contributed by atoms with Gasteiger partial charge in [-0.3, -0.25) is 0 Å². The highest BCUT2D eigenvalue weighted by atomic mass is 16.3. The van der Waals surface area contributed by atoms with Crippen LogP contribution in [-0.2, 0) is 6.54 Å². The fraction of sp³-hybridized carbons (Fsp3) is 0.226. The van der Waals surface area contributed by atoms with Crippen molar-refractivity contribution in [2.75, 3.05) is 5.32 Å². The van der Waals surface area contributed by atoms with Crippen LogP contribution in [0.1, 0.15) is 31.2 Å². The van der Waals surface area contributed by atoms with Crippen LogP contribution in [0.5, 0.6) is 0 Å². The zero-order valence-electron chi connectivity index (χ0n) is 20.2. The summed E-state index contributed by atoms with van der Waals surface area (Å²) in [5, 5.41) is 14.8. The molecular formula is C31H30N4O. The van der Waals surface area contributed by atoms with E-state index in [1.54, 1.807) is 6.33 Å².